The van der Waals surface area contributed by atoms with E-state index in [1.54, 1.807) is 0 Å². The average Bonchev–Trinajstić information content (AvgIpc) is 2.78. The van der Waals surface area contributed by atoms with Gasteiger partial charge in [0, 0.05) is 37.8 Å². The molecular formula is C24H38N4O2. The predicted octanol–water partition coefficient (Wildman–Crippen LogP) is 4.09. The van der Waals surface area contributed by atoms with E-state index >= 15 is 0 Å². The molecule has 1 saturated carbocycles. The summed E-state index contributed by atoms with van der Waals surface area (Å²) in [5.74, 6) is 0.526. The van der Waals surface area contributed by atoms with E-state index in [1.165, 1.54) is 32.1 Å². The van der Waals surface area contributed by atoms with Crippen molar-refractivity contribution in [3.05, 3.63) is 30.3 Å². The maximum absolute atomic E-state index is 12.4. The van der Waals surface area contributed by atoms with Crippen molar-refractivity contribution in [3.8, 4) is 0 Å². The molecule has 6 heteroatoms. The van der Waals surface area contributed by atoms with Gasteiger partial charge in [-0.25, -0.2) is 4.79 Å². The Morgan fingerprint density at radius 3 is 2.43 bits per heavy atom. The maximum Gasteiger partial charge on any atom is 0.321 e. The molecule has 3 rings (SSSR count). The van der Waals surface area contributed by atoms with Crippen molar-refractivity contribution in [2.24, 2.45) is 5.92 Å². The molecule has 0 bridgehead atoms. The molecule has 1 aliphatic heterocycles. The Balaban J connectivity index is 1.26. The summed E-state index contributed by atoms with van der Waals surface area (Å²) in [7, 11) is 2.22. The van der Waals surface area contributed by atoms with Crippen molar-refractivity contribution < 1.29 is 9.59 Å². The summed E-state index contributed by atoms with van der Waals surface area (Å²) in [5, 5.41) is 6.03. The second-order valence-corrected chi connectivity index (χ2v) is 8.91. The SMILES string of the molecule is CN(CCCNC(=O)CC1CCN(C(=O)Nc2ccccc2)CC1)C1CCCCC1. The number of hydrogen-bond acceptors (Lipinski definition) is 3. The first-order valence-corrected chi connectivity index (χ1v) is 11.7. The molecule has 1 aliphatic carbocycles. The van der Waals surface area contributed by atoms with E-state index in [-0.39, 0.29) is 11.9 Å². The number of likely N-dealkylation sites (tertiary alicyclic amines) is 1. The first-order valence-electron chi connectivity index (χ1n) is 11.7. The quantitative estimate of drug-likeness (QED) is 0.630. The zero-order valence-corrected chi connectivity index (χ0v) is 18.4. The monoisotopic (exact) mass is 414 g/mol. The second kappa shape index (κ2) is 11.9. The molecule has 2 aliphatic rings. The molecule has 3 amide bonds. The number of rotatable bonds is 8. The van der Waals surface area contributed by atoms with Crippen LogP contribution in [-0.2, 0) is 4.79 Å². The largest absolute Gasteiger partial charge is 0.356 e. The first kappa shape index (κ1) is 22.6. The third-order valence-electron chi connectivity index (χ3n) is 6.61. The van der Waals surface area contributed by atoms with E-state index in [1.807, 2.05) is 35.2 Å². The van der Waals surface area contributed by atoms with Crippen molar-refractivity contribution in [3.63, 3.8) is 0 Å². The van der Waals surface area contributed by atoms with Crippen LogP contribution < -0.4 is 10.6 Å². The molecule has 0 radical (unpaired) electrons. The summed E-state index contributed by atoms with van der Waals surface area (Å²) < 4.78 is 0. The number of benzene rings is 1. The number of hydrogen-bond donors (Lipinski definition) is 2. The van der Waals surface area contributed by atoms with Crippen LogP contribution in [0.15, 0.2) is 30.3 Å². The van der Waals surface area contributed by atoms with Gasteiger partial charge in [-0.15, -0.1) is 0 Å². The maximum atomic E-state index is 12.4. The number of carbonyl (C=O) groups excluding carboxylic acids is 2. The molecule has 0 spiro atoms. The van der Waals surface area contributed by atoms with E-state index in [0.29, 0.717) is 25.4 Å². The molecule has 2 N–H and O–H groups in total. The van der Waals surface area contributed by atoms with Gasteiger partial charge in [0.2, 0.25) is 5.91 Å². The minimum absolute atomic E-state index is 0.0498. The summed E-state index contributed by atoms with van der Waals surface area (Å²) in [6.07, 6.45) is 10.1. The number of nitrogens with one attached hydrogen (secondary N) is 2. The smallest absolute Gasteiger partial charge is 0.321 e. The van der Waals surface area contributed by atoms with Crippen LogP contribution in [0.2, 0.25) is 0 Å². The average molecular weight is 415 g/mol. The van der Waals surface area contributed by atoms with Crippen molar-refractivity contribution in [2.45, 2.75) is 63.8 Å². The first-order chi connectivity index (χ1) is 14.6. The van der Waals surface area contributed by atoms with E-state index in [0.717, 1.165) is 44.1 Å². The van der Waals surface area contributed by atoms with Crippen molar-refractivity contribution in [1.82, 2.24) is 15.1 Å². The zero-order valence-electron chi connectivity index (χ0n) is 18.4. The van der Waals surface area contributed by atoms with Crippen LogP contribution in [0.3, 0.4) is 0 Å². The van der Waals surface area contributed by atoms with Crippen LogP contribution in [0.25, 0.3) is 0 Å². The fraction of sp³-hybridized carbons (Fsp3) is 0.667. The van der Waals surface area contributed by atoms with Crippen molar-refractivity contribution in [2.75, 3.05) is 38.5 Å². The Morgan fingerprint density at radius 1 is 1.03 bits per heavy atom. The molecule has 30 heavy (non-hydrogen) atoms. The van der Waals surface area contributed by atoms with E-state index in [9.17, 15) is 9.59 Å². The number of carbonyl (C=O) groups is 2. The Hall–Kier alpha value is -2.08. The topological polar surface area (TPSA) is 64.7 Å². The normalized spacial score (nSPS) is 18.4. The Labute approximate surface area is 181 Å². The summed E-state index contributed by atoms with van der Waals surface area (Å²) in [4.78, 5) is 29.0. The standard InChI is InChI=1S/C24H38N4O2/c1-27(22-11-6-3-7-12-22)16-8-15-25-23(29)19-20-13-17-28(18-14-20)24(30)26-21-9-4-2-5-10-21/h2,4-5,9-10,20,22H,3,6-8,11-19H2,1H3,(H,25,29)(H,26,30). The fourth-order valence-electron chi connectivity index (χ4n) is 4.66. The highest BCUT2D eigenvalue weighted by Crippen LogP contribution is 2.22. The highest BCUT2D eigenvalue weighted by atomic mass is 16.2. The molecule has 1 aromatic carbocycles. The minimum atomic E-state index is -0.0498. The fourth-order valence-corrected chi connectivity index (χ4v) is 4.66. The molecule has 2 fully saturated rings. The molecular weight excluding hydrogens is 376 g/mol. The third-order valence-corrected chi connectivity index (χ3v) is 6.61. The van der Waals surface area contributed by atoms with Gasteiger partial charge in [-0.05, 0) is 63.7 Å². The van der Waals surface area contributed by atoms with Gasteiger partial charge >= 0.3 is 6.03 Å². The highest BCUT2D eigenvalue weighted by molar-refractivity contribution is 5.89. The van der Waals surface area contributed by atoms with Crippen molar-refractivity contribution in [1.29, 1.82) is 0 Å². The van der Waals surface area contributed by atoms with E-state index in [4.69, 9.17) is 0 Å². The molecule has 0 atom stereocenters. The molecule has 1 saturated heterocycles. The van der Waals surface area contributed by atoms with Gasteiger partial charge in [0.05, 0.1) is 0 Å². The minimum Gasteiger partial charge on any atom is -0.356 e. The Kier molecular flexibility index (Phi) is 9.00. The lowest BCUT2D eigenvalue weighted by Gasteiger charge is -2.32. The van der Waals surface area contributed by atoms with Crippen LogP contribution in [-0.4, -0.2) is 61.0 Å². The van der Waals surface area contributed by atoms with Crippen LogP contribution >= 0.6 is 0 Å². The van der Waals surface area contributed by atoms with Crippen LogP contribution in [0.4, 0.5) is 10.5 Å². The third kappa shape index (κ3) is 7.31. The summed E-state index contributed by atoms with van der Waals surface area (Å²) in [5.41, 5.74) is 0.818. The van der Waals surface area contributed by atoms with Gasteiger partial charge < -0.3 is 20.4 Å². The predicted molar refractivity (Wildman–Crippen MR) is 122 cm³/mol. The lowest BCUT2D eigenvalue weighted by molar-refractivity contribution is -0.122. The Bertz CT molecular complexity index is 652. The van der Waals surface area contributed by atoms with Crippen LogP contribution in [0.1, 0.15) is 57.8 Å². The van der Waals surface area contributed by atoms with E-state index in [2.05, 4.69) is 22.6 Å². The lowest BCUT2D eigenvalue weighted by atomic mass is 9.93. The van der Waals surface area contributed by atoms with Gasteiger partial charge in [-0.3, -0.25) is 4.79 Å². The van der Waals surface area contributed by atoms with Gasteiger partial charge in [0.1, 0.15) is 0 Å². The zero-order chi connectivity index (χ0) is 21.2. The summed E-state index contributed by atoms with van der Waals surface area (Å²) >= 11 is 0. The van der Waals surface area contributed by atoms with Gasteiger partial charge in [-0.1, -0.05) is 37.5 Å². The highest BCUT2D eigenvalue weighted by Gasteiger charge is 2.24. The number of para-hydroxylation sites is 1. The second-order valence-electron chi connectivity index (χ2n) is 8.91. The number of urea groups is 1. The summed E-state index contributed by atoms with van der Waals surface area (Å²) in [6.45, 7) is 3.24. The van der Waals surface area contributed by atoms with E-state index < -0.39 is 0 Å². The van der Waals surface area contributed by atoms with Crippen LogP contribution in [0, 0.1) is 5.92 Å². The van der Waals surface area contributed by atoms with Gasteiger partial charge in [0.15, 0.2) is 0 Å². The number of nitrogens with zero attached hydrogens (tertiary/aromatic N) is 2. The van der Waals surface area contributed by atoms with Crippen LogP contribution in [0.5, 0.6) is 0 Å². The molecule has 0 aromatic heterocycles. The molecule has 1 aromatic rings. The molecule has 0 unspecified atom stereocenters. The molecule has 1 heterocycles. The Morgan fingerprint density at radius 2 is 1.73 bits per heavy atom. The number of amides is 3. The van der Waals surface area contributed by atoms with Crippen molar-refractivity contribution >= 4 is 17.6 Å². The van der Waals surface area contributed by atoms with Gasteiger partial charge in [0.25, 0.3) is 0 Å². The molecule has 6 nitrogen and oxygen atoms in total. The lowest BCUT2D eigenvalue weighted by Crippen LogP contribution is -2.42. The number of anilines is 1. The molecule has 166 valence electrons. The summed E-state index contributed by atoms with van der Waals surface area (Å²) in [6, 6.07) is 10.2. The van der Waals surface area contributed by atoms with Gasteiger partial charge in [-0.2, -0.15) is 0 Å². The number of piperidine rings is 1.